The number of nitro benzene ring substituents is 1. The molecule has 0 aliphatic carbocycles. The molecule has 0 spiro atoms. The van der Waals surface area contributed by atoms with Crippen molar-refractivity contribution in [3.63, 3.8) is 0 Å². The fraction of sp³-hybridized carbons (Fsp3) is 0.333. The lowest BCUT2D eigenvalue weighted by Gasteiger charge is -2.33. The van der Waals surface area contributed by atoms with Gasteiger partial charge in [0.15, 0.2) is 0 Å². The van der Waals surface area contributed by atoms with E-state index in [0.717, 1.165) is 38.5 Å². The molecule has 1 heterocycles. The largest absolute Gasteiger partial charge is 0.381 e. The number of anilines is 1. The van der Waals surface area contributed by atoms with Crippen LogP contribution < -0.4 is 5.32 Å². The molecule has 126 valence electrons. The number of nitro groups is 1. The van der Waals surface area contributed by atoms with Gasteiger partial charge in [0, 0.05) is 30.9 Å². The van der Waals surface area contributed by atoms with E-state index in [1.165, 1.54) is 11.6 Å². The molecule has 2 aromatic rings. The number of halogens is 1. The summed E-state index contributed by atoms with van der Waals surface area (Å²) in [7, 11) is 0. The van der Waals surface area contributed by atoms with E-state index < -0.39 is 16.4 Å². The van der Waals surface area contributed by atoms with Crippen molar-refractivity contribution in [2.24, 2.45) is 0 Å². The van der Waals surface area contributed by atoms with Crippen LogP contribution in [0.3, 0.4) is 0 Å². The standard InChI is InChI=1S/C18H20FN3O2/c19-17-9-8-15(11-18(17)22(23)24)20-16-7-4-10-21(13-16)12-14-5-2-1-3-6-14/h1-3,5-6,8-9,11,16,20H,4,7,10,12-13H2. The summed E-state index contributed by atoms with van der Waals surface area (Å²) in [6.45, 7) is 2.79. The van der Waals surface area contributed by atoms with E-state index in [1.807, 2.05) is 18.2 Å². The van der Waals surface area contributed by atoms with E-state index in [9.17, 15) is 14.5 Å². The van der Waals surface area contributed by atoms with Crippen LogP contribution in [-0.4, -0.2) is 29.0 Å². The van der Waals surface area contributed by atoms with Gasteiger partial charge in [-0.3, -0.25) is 15.0 Å². The molecule has 0 aromatic heterocycles. The summed E-state index contributed by atoms with van der Waals surface area (Å²) >= 11 is 0. The molecule has 3 rings (SSSR count). The highest BCUT2D eigenvalue weighted by atomic mass is 19.1. The van der Waals surface area contributed by atoms with Crippen LogP contribution in [0.1, 0.15) is 18.4 Å². The number of benzene rings is 2. The molecule has 1 aliphatic rings. The van der Waals surface area contributed by atoms with Crippen LogP contribution in [-0.2, 0) is 6.54 Å². The molecular formula is C18H20FN3O2. The van der Waals surface area contributed by atoms with E-state index in [4.69, 9.17) is 0 Å². The highest BCUT2D eigenvalue weighted by Gasteiger charge is 2.21. The highest BCUT2D eigenvalue weighted by Crippen LogP contribution is 2.24. The lowest BCUT2D eigenvalue weighted by Crippen LogP contribution is -2.41. The predicted octanol–water partition coefficient (Wildman–Crippen LogP) is 3.81. The summed E-state index contributed by atoms with van der Waals surface area (Å²) in [5.74, 6) is -0.806. The maximum absolute atomic E-state index is 13.4. The first-order chi connectivity index (χ1) is 11.6. The maximum atomic E-state index is 13.4. The van der Waals surface area contributed by atoms with Crippen molar-refractivity contribution in [3.8, 4) is 0 Å². The van der Waals surface area contributed by atoms with Crippen LogP contribution in [0, 0.1) is 15.9 Å². The van der Waals surface area contributed by atoms with Crippen molar-refractivity contribution in [3.05, 3.63) is 70.0 Å². The number of piperidine rings is 1. The lowest BCUT2D eigenvalue weighted by molar-refractivity contribution is -0.387. The summed E-state index contributed by atoms with van der Waals surface area (Å²) < 4.78 is 13.4. The van der Waals surface area contributed by atoms with Crippen LogP contribution in [0.5, 0.6) is 0 Å². The molecule has 1 aliphatic heterocycles. The van der Waals surface area contributed by atoms with Gasteiger partial charge in [0.1, 0.15) is 0 Å². The third-order valence-electron chi connectivity index (χ3n) is 4.27. The van der Waals surface area contributed by atoms with Crippen molar-refractivity contribution in [1.82, 2.24) is 4.90 Å². The molecule has 1 fully saturated rings. The molecular weight excluding hydrogens is 309 g/mol. The third kappa shape index (κ3) is 4.08. The molecule has 1 N–H and O–H groups in total. The minimum absolute atomic E-state index is 0.201. The molecule has 0 saturated carbocycles. The van der Waals surface area contributed by atoms with Gasteiger partial charge in [0.2, 0.25) is 5.82 Å². The van der Waals surface area contributed by atoms with Crippen molar-refractivity contribution in [1.29, 1.82) is 0 Å². The number of nitrogens with one attached hydrogen (secondary N) is 1. The first-order valence-corrected chi connectivity index (χ1v) is 8.08. The molecule has 1 atom stereocenters. The van der Waals surface area contributed by atoms with Crippen molar-refractivity contribution >= 4 is 11.4 Å². The van der Waals surface area contributed by atoms with E-state index >= 15 is 0 Å². The van der Waals surface area contributed by atoms with Gasteiger partial charge in [0.25, 0.3) is 0 Å². The quantitative estimate of drug-likeness (QED) is 0.669. The second-order valence-corrected chi connectivity index (χ2v) is 6.13. The van der Waals surface area contributed by atoms with Gasteiger partial charge in [-0.1, -0.05) is 30.3 Å². The smallest absolute Gasteiger partial charge is 0.306 e. The minimum Gasteiger partial charge on any atom is -0.381 e. The fourth-order valence-corrected chi connectivity index (χ4v) is 3.14. The topological polar surface area (TPSA) is 58.4 Å². The molecule has 24 heavy (non-hydrogen) atoms. The number of rotatable bonds is 5. The van der Waals surface area contributed by atoms with Gasteiger partial charge in [0.05, 0.1) is 4.92 Å². The SMILES string of the molecule is O=[N+]([O-])c1cc(NC2CCCN(Cc3ccccc3)C2)ccc1F. The van der Waals surface area contributed by atoms with Gasteiger partial charge in [-0.05, 0) is 37.1 Å². The number of hydrogen-bond acceptors (Lipinski definition) is 4. The van der Waals surface area contributed by atoms with E-state index in [0.29, 0.717) is 5.69 Å². The van der Waals surface area contributed by atoms with Gasteiger partial charge in [-0.2, -0.15) is 4.39 Å². The first-order valence-electron chi connectivity index (χ1n) is 8.08. The average Bonchev–Trinajstić information content (AvgIpc) is 2.58. The molecule has 5 nitrogen and oxygen atoms in total. The Morgan fingerprint density at radius 2 is 2.04 bits per heavy atom. The summed E-state index contributed by atoms with van der Waals surface area (Å²) in [6, 6.07) is 14.5. The Kier molecular flexibility index (Phi) is 5.05. The Balaban J connectivity index is 1.63. The van der Waals surface area contributed by atoms with Crippen LogP contribution >= 0.6 is 0 Å². The molecule has 6 heteroatoms. The van der Waals surface area contributed by atoms with Crippen molar-refractivity contribution in [2.75, 3.05) is 18.4 Å². The Morgan fingerprint density at radius 3 is 2.79 bits per heavy atom. The van der Waals surface area contributed by atoms with Gasteiger partial charge in [-0.25, -0.2) is 0 Å². The number of nitrogens with zero attached hydrogens (tertiary/aromatic N) is 2. The van der Waals surface area contributed by atoms with Crippen LogP contribution in [0.4, 0.5) is 15.8 Å². The first kappa shape index (κ1) is 16.4. The number of likely N-dealkylation sites (tertiary alicyclic amines) is 1. The van der Waals surface area contributed by atoms with Gasteiger partial charge in [-0.15, -0.1) is 0 Å². The zero-order chi connectivity index (χ0) is 16.9. The van der Waals surface area contributed by atoms with Crippen LogP contribution in [0.15, 0.2) is 48.5 Å². The average molecular weight is 329 g/mol. The second-order valence-electron chi connectivity index (χ2n) is 6.13. The van der Waals surface area contributed by atoms with Gasteiger partial charge >= 0.3 is 5.69 Å². The fourth-order valence-electron chi connectivity index (χ4n) is 3.14. The summed E-state index contributed by atoms with van der Waals surface area (Å²) in [5.41, 5.74) is 1.38. The summed E-state index contributed by atoms with van der Waals surface area (Å²) in [5, 5.41) is 14.2. The lowest BCUT2D eigenvalue weighted by atomic mass is 10.0. The monoisotopic (exact) mass is 329 g/mol. The Morgan fingerprint density at radius 1 is 1.25 bits per heavy atom. The zero-order valence-electron chi connectivity index (χ0n) is 13.3. The molecule has 1 saturated heterocycles. The van der Waals surface area contributed by atoms with E-state index in [-0.39, 0.29) is 6.04 Å². The van der Waals surface area contributed by atoms with Crippen LogP contribution in [0.25, 0.3) is 0 Å². The van der Waals surface area contributed by atoms with Gasteiger partial charge < -0.3 is 5.32 Å². The third-order valence-corrected chi connectivity index (χ3v) is 4.27. The summed E-state index contributed by atoms with van der Waals surface area (Å²) in [6.07, 6.45) is 2.06. The Hall–Kier alpha value is -2.47. The molecule has 2 aromatic carbocycles. The van der Waals surface area contributed by atoms with E-state index in [2.05, 4.69) is 22.3 Å². The number of hydrogen-bond donors (Lipinski definition) is 1. The Labute approximate surface area is 140 Å². The molecule has 1 unspecified atom stereocenters. The Bertz CT molecular complexity index is 709. The summed E-state index contributed by atoms with van der Waals surface area (Å²) in [4.78, 5) is 12.5. The second kappa shape index (κ2) is 7.40. The van der Waals surface area contributed by atoms with E-state index in [1.54, 1.807) is 6.07 Å². The maximum Gasteiger partial charge on any atom is 0.306 e. The van der Waals surface area contributed by atoms with Crippen molar-refractivity contribution in [2.45, 2.75) is 25.4 Å². The predicted molar refractivity (Wildman–Crippen MR) is 91.4 cm³/mol. The molecule has 0 bridgehead atoms. The zero-order valence-corrected chi connectivity index (χ0v) is 13.3. The normalized spacial score (nSPS) is 18.3. The van der Waals surface area contributed by atoms with Crippen LogP contribution in [0.2, 0.25) is 0 Å². The van der Waals surface area contributed by atoms with Crippen molar-refractivity contribution < 1.29 is 9.31 Å². The highest BCUT2D eigenvalue weighted by molar-refractivity contribution is 5.52. The molecule has 0 amide bonds. The minimum atomic E-state index is -0.806. The molecule has 0 radical (unpaired) electrons.